The zero-order valence-electron chi connectivity index (χ0n) is 13.4. The lowest BCUT2D eigenvalue weighted by molar-refractivity contribution is -0.127. The summed E-state index contributed by atoms with van der Waals surface area (Å²) in [5.41, 5.74) is 6.20. The fraction of sp³-hybridized carbons (Fsp3) is 0.176. The maximum absolute atomic E-state index is 12.0. The summed E-state index contributed by atoms with van der Waals surface area (Å²) < 4.78 is 5.51. The molecule has 0 bridgehead atoms. The molecular weight excluding hydrogens is 381 g/mol. The predicted molar refractivity (Wildman–Crippen MR) is 104 cm³/mol. The molecule has 25 heavy (non-hydrogen) atoms. The quantitative estimate of drug-likeness (QED) is 0.532. The number of carbonyl (C=O) groups excluding carboxylic acids is 1. The molecule has 1 atom stereocenters. The molecule has 0 saturated heterocycles. The van der Waals surface area contributed by atoms with Crippen molar-refractivity contribution in [1.29, 1.82) is 0 Å². The van der Waals surface area contributed by atoms with Crippen molar-refractivity contribution in [2.24, 2.45) is 0 Å². The van der Waals surface area contributed by atoms with Crippen LogP contribution >= 0.6 is 35.4 Å². The molecule has 132 valence electrons. The van der Waals surface area contributed by atoms with Gasteiger partial charge in [0, 0.05) is 12.6 Å². The first-order chi connectivity index (χ1) is 12.0. The summed E-state index contributed by atoms with van der Waals surface area (Å²) in [4.78, 5) is 12.0. The van der Waals surface area contributed by atoms with Gasteiger partial charge in [0.25, 0.3) is 5.91 Å². The lowest BCUT2D eigenvalue weighted by atomic mass is 10.2. The van der Waals surface area contributed by atoms with Crippen LogP contribution in [0.25, 0.3) is 0 Å². The molecule has 0 saturated carbocycles. The Morgan fingerprint density at radius 1 is 1.12 bits per heavy atom. The number of hydrogen-bond acceptors (Lipinski definition) is 3. The third-order valence-electron chi connectivity index (χ3n) is 3.17. The number of rotatable bonds is 5. The monoisotopic (exact) mass is 397 g/mol. The molecule has 0 aliphatic carbocycles. The van der Waals surface area contributed by atoms with E-state index in [4.69, 9.17) is 40.2 Å². The van der Waals surface area contributed by atoms with Crippen LogP contribution in [0.5, 0.6) is 5.75 Å². The normalized spacial score (nSPS) is 11.3. The number of hydrogen-bond donors (Lipinski definition) is 3. The van der Waals surface area contributed by atoms with Crippen molar-refractivity contribution in [2.45, 2.75) is 19.6 Å². The minimum Gasteiger partial charge on any atom is -0.481 e. The Balaban J connectivity index is 1.74. The highest BCUT2D eigenvalue weighted by molar-refractivity contribution is 7.80. The van der Waals surface area contributed by atoms with Crippen LogP contribution in [0.2, 0.25) is 10.0 Å². The summed E-state index contributed by atoms with van der Waals surface area (Å²) in [7, 11) is 0. The van der Waals surface area contributed by atoms with Crippen LogP contribution < -0.4 is 20.9 Å². The summed E-state index contributed by atoms with van der Waals surface area (Å²) in [5.74, 6) is 0.0664. The molecule has 2 aromatic rings. The van der Waals surface area contributed by atoms with Gasteiger partial charge in [0.2, 0.25) is 0 Å². The van der Waals surface area contributed by atoms with E-state index in [0.717, 1.165) is 5.56 Å². The Kier molecular flexibility index (Phi) is 7.31. The SMILES string of the molecule is CC(Oc1ccc(Cl)c(Cl)c1)C(=O)NNC(=S)NCc1ccccc1. The number of hydrazine groups is 1. The number of benzene rings is 2. The molecule has 2 aromatic carbocycles. The molecule has 1 unspecified atom stereocenters. The highest BCUT2D eigenvalue weighted by Gasteiger charge is 2.15. The Bertz CT molecular complexity index is 744. The molecule has 0 radical (unpaired) electrons. The van der Waals surface area contributed by atoms with Crippen molar-refractivity contribution in [1.82, 2.24) is 16.2 Å². The number of carbonyl (C=O) groups is 1. The van der Waals surface area contributed by atoms with Gasteiger partial charge in [0.1, 0.15) is 5.75 Å². The highest BCUT2D eigenvalue weighted by Crippen LogP contribution is 2.26. The maximum Gasteiger partial charge on any atom is 0.279 e. The summed E-state index contributed by atoms with van der Waals surface area (Å²) >= 11 is 16.9. The van der Waals surface area contributed by atoms with Gasteiger partial charge < -0.3 is 10.1 Å². The van der Waals surface area contributed by atoms with E-state index in [1.807, 2.05) is 30.3 Å². The van der Waals surface area contributed by atoms with Crippen LogP contribution in [-0.4, -0.2) is 17.1 Å². The van der Waals surface area contributed by atoms with Crippen molar-refractivity contribution in [3.05, 3.63) is 64.1 Å². The molecule has 0 aliphatic heterocycles. The lowest BCUT2D eigenvalue weighted by Gasteiger charge is -2.16. The summed E-state index contributed by atoms with van der Waals surface area (Å²) in [6.07, 6.45) is -0.748. The first kappa shape index (κ1) is 19.3. The Hall–Kier alpha value is -2.02. The van der Waals surface area contributed by atoms with E-state index >= 15 is 0 Å². The van der Waals surface area contributed by atoms with E-state index < -0.39 is 6.10 Å². The van der Waals surface area contributed by atoms with Gasteiger partial charge in [-0.05, 0) is 36.8 Å². The average Bonchev–Trinajstić information content (AvgIpc) is 2.61. The van der Waals surface area contributed by atoms with Crippen LogP contribution in [0.15, 0.2) is 48.5 Å². The highest BCUT2D eigenvalue weighted by atomic mass is 35.5. The molecule has 5 nitrogen and oxygen atoms in total. The standard InChI is InChI=1S/C17H17Cl2N3O2S/c1-11(24-13-7-8-14(18)15(19)9-13)16(23)21-22-17(25)20-10-12-5-3-2-4-6-12/h2-9,11H,10H2,1H3,(H,21,23)(H2,20,22,25). The van der Waals surface area contributed by atoms with Crippen molar-refractivity contribution >= 4 is 46.4 Å². The van der Waals surface area contributed by atoms with Crippen molar-refractivity contribution in [3.8, 4) is 5.75 Å². The Morgan fingerprint density at radius 2 is 1.84 bits per heavy atom. The van der Waals surface area contributed by atoms with E-state index in [0.29, 0.717) is 27.5 Å². The maximum atomic E-state index is 12.0. The van der Waals surface area contributed by atoms with Crippen molar-refractivity contribution < 1.29 is 9.53 Å². The van der Waals surface area contributed by atoms with Gasteiger partial charge in [-0.15, -0.1) is 0 Å². The van der Waals surface area contributed by atoms with Crippen LogP contribution in [0.4, 0.5) is 0 Å². The number of ether oxygens (including phenoxy) is 1. The van der Waals surface area contributed by atoms with Crippen molar-refractivity contribution in [3.63, 3.8) is 0 Å². The van der Waals surface area contributed by atoms with Gasteiger partial charge in [0.05, 0.1) is 10.0 Å². The molecule has 0 aromatic heterocycles. The smallest absolute Gasteiger partial charge is 0.279 e. The minimum absolute atomic E-state index is 0.305. The second-order valence-corrected chi connectivity index (χ2v) is 6.34. The number of amides is 1. The zero-order chi connectivity index (χ0) is 18.2. The Labute approximate surface area is 161 Å². The third kappa shape index (κ3) is 6.42. The second-order valence-electron chi connectivity index (χ2n) is 5.12. The van der Waals surface area contributed by atoms with Gasteiger partial charge in [-0.25, -0.2) is 0 Å². The van der Waals surface area contributed by atoms with Gasteiger partial charge in [-0.1, -0.05) is 53.5 Å². The van der Waals surface area contributed by atoms with Gasteiger partial charge in [-0.3, -0.25) is 15.6 Å². The van der Waals surface area contributed by atoms with E-state index in [-0.39, 0.29) is 5.91 Å². The van der Waals surface area contributed by atoms with E-state index in [1.165, 1.54) is 0 Å². The lowest BCUT2D eigenvalue weighted by Crippen LogP contribution is -2.50. The molecule has 2 rings (SSSR count). The third-order valence-corrected chi connectivity index (χ3v) is 4.15. The largest absolute Gasteiger partial charge is 0.481 e. The molecule has 0 spiro atoms. The van der Waals surface area contributed by atoms with Gasteiger partial charge >= 0.3 is 0 Å². The molecule has 0 aliphatic rings. The number of thiocarbonyl (C=S) groups is 1. The fourth-order valence-electron chi connectivity index (χ4n) is 1.85. The first-order valence-corrected chi connectivity index (χ1v) is 8.61. The van der Waals surface area contributed by atoms with Crippen LogP contribution in [0.1, 0.15) is 12.5 Å². The van der Waals surface area contributed by atoms with E-state index in [9.17, 15) is 4.79 Å². The van der Waals surface area contributed by atoms with E-state index in [1.54, 1.807) is 25.1 Å². The second kappa shape index (κ2) is 9.46. The fourth-order valence-corrected chi connectivity index (χ4v) is 2.26. The molecule has 1 amide bonds. The first-order valence-electron chi connectivity index (χ1n) is 7.45. The molecule has 3 N–H and O–H groups in total. The van der Waals surface area contributed by atoms with Crippen LogP contribution in [0.3, 0.4) is 0 Å². The van der Waals surface area contributed by atoms with E-state index in [2.05, 4.69) is 16.2 Å². The summed E-state index contributed by atoms with van der Waals surface area (Å²) in [6, 6.07) is 14.6. The molecule has 8 heteroatoms. The Morgan fingerprint density at radius 3 is 2.52 bits per heavy atom. The minimum atomic E-state index is -0.748. The van der Waals surface area contributed by atoms with Crippen molar-refractivity contribution in [2.75, 3.05) is 0 Å². The van der Waals surface area contributed by atoms with Crippen LogP contribution in [0, 0.1) is 0 Å². The number of nitrogens with one attached hydrogen (secondary N) is 3. The average molecular weight is 398 g/mol. The predicted octanol–water partition coefficient (Wildman–Crippen LogP) is 3.46. The summed E-state index contributed by atoms with van der Waals surface area (Å²) in [6.45, 7) is 2.16. The molecule has 0 fully saturated rings. The number of halogens is 2. The zero-order valence-corrected chi connectivity index (χ0v) is 15.7. The molecular formula is C17H17Cl2N3O2S. The van der Waals surface area contributed by atoms with Gasteiger partial charge in [-0.2, -0.15) is 0 Å². The topological polar surface area (TPSA) is 62.4 Å². The van der Waals surface area contributed by atoms with Gasteiger partial charge in [0.15, 0.2) is 11.2 Å². The van der Waals surface area contributed by atoms with Crippen LogP contribution in [-0.2, 0) is 11.3 Å². The molecule has 0 heterocycles. The summed E-state index contributed by atoms with van der Waals surface area (Å²) in [5, 5.41) is 4.07.